The predicted molar refractivity (Wildman–Crippen MR) is 78.7 cm³/mol. The van der Waals surface area contributed by atoms with Crippen molar-refractivity contribution in [1.82, 2.24) is 0 Å². The van der Waals surface area contributed by atoms with Gasteiger partial charge in [0.15, 0.2) is 10.8 Å². The van der Waals surface area contributed by atoms with Gasteiger partial charge in [-0.15, -0.1) is 0 Å². The Morgan fingerprint density at radius 2 is 1.00 bits per heavy atom. The van der Waals surface area contributed by atoms with E-state index in [1.807, 2.05) is 24.3 Å². The molecule has 6 atom stereocenters. The molecule has 4 fully saturated rings. The van der Waals surface area contributed by atoms with Crippen molar-refractivity contribution in [3.8, 4) is 0 Å². The average molecular weight is 330 g/mol. The first-order valence-electron chi connectivity index (χ1n) is 8.44. The molecule has 4 spiro atoms. The number of rotatable bonds is 2. The maximum absolute atomic E-state index is 13.3. The van der Waals surface area contributed by atoms with Crippen LogP contribution in [0.15, 0.2) is 24.3 Å². The van der Waals surface area contributed by atoms with Crippen molar-refractivity contribution in [2.24, 2.45) is 10.8 Å². The van der Waals surface area contributed by atoms with Crippen LogP contribution in [0.3, 0.4) is 0 Å². The summed E-state index contributed by atoms with van der Waals surface area (Å²) in [5.41, 5.74) is -5.87. The van der Waals surface area contributed by atoms with E-state index in [9.17, 15) is 9.59 Å². The van der Waals surface area contributed by atoms with Gasteiger partial charge in [0.2, 0.25) is 0 Å². The van der Waals surface area contributed by atoms with Gasteiger partial charge in [-0.2, -0.15) is 0 Å². The van der Waals surface area contributed by atoms with E-state index in [1.54, 1.807) is 0 Å². The molecule has 2 saturated carbocycles. The maximum Gasteiger partial charge on any atom is 0.319 e. The highest BCUT2D eigenvalue weighted by Gasteiger charge is 3.04. The molecule has 4 heterocycles. The summed E-state index contributed by atoms with van der Waals surface area (Å²) in [6.45, 7) is 0. The second-order valence-electron chi connectivity index (χ2n) is 7.91. The molecule has 2 aliphatic carbocycles. The van der Waals surface area contributed by atoms with E-state index in [2.05, 4.69) is 0 Å². The van der Waals surface area contributed by atoms with E-state index in [1.165, 1.54) is 14.2 Å². The van der Waals surface area contributed by atoms with Crippen LogP contribution in [0.1, 0.15) is 25.7 Å². The fourth-order valence-corrected chi connectivity index (χ4v) is 7.45. The van der Waals surface area contributed by atoms with Gasteiger partial charge in [-0.25, -0.2) is 0 Å². The Kier molecular flexibility index (Phi) is 1.83. The summed E-state index contributed by atoms with van der Waals surface area (Å²) in [6, 6.07) is 0. The standard InChI is InChI=1S/C18H18O6/c1-21-11(19)17-13-3-4-14(17)8-10-16(24-14)6-5-15(23-13,9-7-13)18(16,17)12(20)22-2/h7-10H,3-6H2,1-2H3/t13-,14+,15-,16+,17?,18?. The zero-order valence-corrected chi connectivity index (χ0v) is 13.6. The molecule has 2 unspecified atom stereocenters. The average Bonchev–Trinajstić information content (AvgIpc) is 3.36. The Morgan fingerprint density at radius 1 is 0.708 bits per heavy atom. The number of hydrogen-bond donors (Lipinski definition) is 0. The minimum Gasteiger partial charge on any atom is -0.468 e. The van der Waals surface area contributed by atoms with Gasteiger partial charge < -0.3 is 18.9 Å². The van der Waals surface area contributed by atoms with Gasteiger partial charge in [0.05, 0.1) is 14.2 Å². The number of carbonyl (C=O) groups excluding carboxylic acids is 2. The highest BCUT2D eigenvalue weighted by molar-refractivity contribution is 5.99. The first-order chi connectivity index (χ1) is 11.5. The van der Waals surface area contributed by atoms with E-state index < -0.39 is 45.2 Å². The third-order valence-electron chi connectivity index (χ3n) is 7.79. The molecule has 126 valence electrons. The molecule has 0 amide bonds. The molecule has 0 aromatic heterocycles. The van der Waals surface area contributed by atoms with Crippen molar-refractivity contribution < 1.29 is 28.5 Å². The summed E-state index contributed by atoms with van der Waals surface area (Å²) in [5.74, 6) is -0.852. The van der Waals surface area contributed by atoms with Gasteiger partial charge in [-0.1, -0.05) is 24.3 Å². The molecule has 24 heavy (non-hydrogen) atoms. The third-order valence-corrected chi connectivity index (χ3v) is 7.79. The fourth-order valence-electron chi connectivity index (χ4n) is 7.45. The molecular weight excluding hydrogens is 312 g/mol. The topological polar surface area (TPSA) is 71.1 Å². The molecule has 4 bridgehead atoms. The SMILES string of the molecule is COC(=O)C12C3(C(=O)OC)[C@@]45C=C[C@]1(CC[C@@]21C=C[C@@]3(CC4)O1)O5. The molecule has 0 aromatic rings. The van der Waals surface area contributed by atoms with Crippen LogP contribution < -0.4 is 0 Å². The number of hydrogen-bond acceptors (Lipinski definition) is 6. The third kappa shape index (κ3) is 0.771. The summed E-state index contributed by atoms with van der Waals surface area (Å²) in [7, 11) is 2.74. The van der Waals surface area contributed by atoms with E-state index in [4.69, 9.17) is 18.9 Å². The molecule has 0 aromatic carbocycles. The number of ether oxygens (including phenoxy) is 4. The summed E-state index contributed by atoms with van der Waals surface area (Å²) >= 11 is 0. The Hall–Kier alpha value is -1.66. The molecule has 2 saturated heterocycles. The first-order valence-corrected chi connectivity index (χ1v) is 8.44. The second kappa shape index (κ2) is 3.22. The maximum atomic E-state index is 13.3. The van der Waals surface area contributed by atoms with Crippen LogP contribution in [0, 0.1) is 10.8 Å². The minimum absolute atomic E-state index is 0.426. The van der Waals surface area contributed by atoms with E-state index >= 15 is 0 Å². The number of methoxy groups -OCH3 is 2. The Morgan fingerprint density at radius 3 is 1.25 bits per heavy atom. The van der Waals surface area contributed by atoms with Crippen molar-refractivity contribution in [3.05, 3.63) is 24.3 Å². The van der Waals surface area contributed by atoms with Gasteiger partial charge in [-0.3, -0.25) is 9.59 Å². The van der Waals surface area contributed by atoms with Crippen LogP contribution >= 0.6 is 0 Å². The Balaban J connectivity index is 1.83. The fraction of sp³-hybridized carbons (Fsp3) is 0.667. The molecule has 0 N–H and O–H groups in total. The van der Waals surface area contributed by atoms with Gasteiger partial charge in [0, 0.05) is 0 Å². The number of carbonyl (C=O) groups is 2. The second-order valence-corrected chi connectivity index (χ2v) is 7.91. The van der Waals surface area contributed by atoms with Gasteiger partial charge in [-0.05, 0) is 25.7 Å². The lowest BCUT2D eigenvalue weighted by Crippen LogP contribution is -2.70. The smallest absolute Gasteiger partial charge is 0.319 e. The molecule has 6 aliphatic rings. The predicted octanol–water partition coefficient (Wildman–Crippen LogP) is 1.05. The number of esters is 2. The van der Waals surface area contributed by atoms with Gasteiger partial charge in [0.25, 0.3) is 0 Å². The quantitative estimate of drug-likeness (QED) is 0.557. The molecular formula is C18H18O6. The van der Waals surface area contributed by atoms with Crippen molar-refractivity contribution in [2.75, 3.05) is 14.2 Å². The summed E-state index contributed by atoms with van der Waals surface area (Å²) < 4.78 is 23.7. The molecule has 6 rings (SSSR count). The summed E-state index contributed by atoms with van der Waals surface area (Å²) in [6.07, 6.45) is 10.4. The normalized spacial score (nSPS) is 59.2. The van der Waals surface area contributed by atoms with Crippen LogP contribution in [-0.2, 0) is 28.5 Å². The van der Waals surface area contributed by atoms with Crippen LogP contribution in [0.4, 0.5) is 0 Å². The van der Waals surface area contributed by atoms with Gasteiger partial charge in [0.1, 0.15) is 22.4 Å². The Bertz CT molecular complexity index is 691. The molecule has 0 radical (unpaired) electrons. The Labute approximate surface area is 138 Å². The zero-order valence-electron chi connectivity index (χ0n) is 13.6. The van der Waals surface area contributed by atoms with E-state index in [0.717, 1.165) is 0 Å². The lowest BCUT2D eigenvalue weighted by molar-refractivity contribution is -0.181. The monoisotopic (exact) mass is 330 g/mol. The van der Waals surface area contributed by atoms with E-state index in [-0.39, 0.29) is 0 Å². The van der Waals surface area contributed by atoms with Crippen molar-refractivity contribution in [3.63, 3.8) is 0 Å². The van der Waals surface area contributed by atoms with Crippen molar-refractivity contribution in [1.29, 1.82) is 0 Å². The van der Waals surface area contributed by atoms with Crippen LogP contribution in [0.25, 0.3) is 0 Å². The molecule has 4 aliphatic heterocycles. The molecule has 6 nitrogen and oxygen atoms in total. The highest BCUT2D eigenvalue weighted by Crippen LogP contribution is 2.89. The minimum atomic E-state index is -1.21. The zero-order chi connectivity index (χ0) is 16.6. The molecule has 6 heteroatoms. The van der Waals surface area contributed by atoms with Crippen LogP contribution in [0.5, 0.6) is 0 Å². The largest absolute Gasteiger partial charge is 0.468 e. The van der Waals surface area contributed by atoms with Crippen LogP contribution in [-0.4, -0.2) is 48.6 Å². The summed E-state index contributed by atoms with van der Waals surface area (Å²) in [5, 5.41) is 0. The van der Waals surface area contributed by atoms with Crippen molar-refractivity contribution >= 4 is 11.9 Å². The van der Waals surface area contributed by atoms with Crippen molar-refractivity contribution in [2.45, 2.75) is 48.1 Å². The highest BCUT2D eigenvalue weighted by atomic mass is 16.6. The first kappa shape index (κ1) is 13.6. The van der Waals surface area contributed by atoms with E-state index in [0.29, 0.717) is 25.7 Å². The lowest BCUT2D eigenvalue weighted by Gasteiger charge is -2.50. The lowest BCUT2D eigenvalue weighted by atomic mass is 9.44. The summed E-state index contributed by atoms with van der Waals surface area (Å²) in [4.78, 5) is 26.7. The van der Waals surface area contributed by atoms with Gasteiger partial charge >= 0.3 is 11.9 Å². The van der Waals surface area contributed by atoms with Crippen LogP contribution in [0.2, 0.25) is 0 Å².